The van der Waals surface area contributed by atoms with Gasteiger partial charge in [0, 0.05) is 24.6 Å². The molecular formula is C16H22ClN3. The molecule has 108 valence electrons. The van der Waals surface area contributed by atoms with Crippen LogP contribution in [0, 0.1) is 5.92 Å². The summed E-state index contributed by atoms with van der Waals surface area (Å²) in [7, 11) is 0. The monoisotopic (exact) mass is 291 g/mol. The van der Waals surface area contributed by atoms with E-state index in [-0.39, 0.29) is 0 Å². The number of hydrogen-bond acceptors (Lipinski definition) is 3. The van der Waals surface area contributed by atoms with Gasteiger partial charge < -0.3 is 4.90 Å². The average Bonchev–Trinajstić information content (AvgIpc) is 3.30. The van der Waals surface area contributed by atoms with E-state index in [1.54, 1.807) is 0 Å². The van der Waals surface area contributed by atoms with Crippen LogP contribution in [-0.2, 0) is 0 Å². The molecule has 3 fully saturated rings. The van der Waals surface area contributed by atoms with Gasteiger partial charge in [-0.15, -0.1) is 0 Å². The number of nitrogens with zero attached hydrogens (tertiary/aromatic N) is 3. The summed E-state index contributed by atoms with van der Waals surface area (Å²) < 4.78 is 0. The minimum atomic E-state index is 0.569. The molecule has 1 aromatic rings. The van der Waals surface area contributed by atoms with E-state index in [0.717, 1.165) is 24.1 Å². The molecule has 1 aliphatic heterocycles. The van der Waals surface area contributed by atoms with E-state index >= 15 is 0 Å². The molecule has 2 unspecified atom stereocenters. The van der Waals surface area contributed by atoms with Crippen LogP contribution in [0.25, 0.3) is 0 Å². The van der Waals surface area contributed by atoms with Crippen LogP contribution in [0.5, 0.6) is 0 Å². The Morgan fingerprint density at radius 2 is 1.80 bits per heavy atom. The summed E-state index contributed by atoms with van der Waals surface area (Å²) in [6.45, 7) is 1.14. The Labute approximate surface area is 125 Å². The fourth-order valence-electron chi connectivity index (χ4n) is 4.00. The fourth-order valence-corrected chi connectivity index (χ4v) is 4.19. The van der Waals surface area contributed by atoms with Gasteiger partial charge in [0.2, 0.25) is 0 Å². The highest BCUT2D eigenvalue weighted by Gasteiger charge is 2.35. The zero-order valence-corrected chi connectivity index (χ0v) is 12.6. The number of aromatic nitrogens is 2. The molecule has 0 N–H and O–H groups in total. The molecule has 4 rings (SSSR count). The molecule has 2 atom stereocenters. The quantitative estimate of drug-likeness (QED) is 0.766. The summed E-state index contributed by atoms with van der Waals surface area (Å²) in [4.78, 5) is 11.8. The third-order valence-corrected chi connectivity index (χ3v) is 5.37. The molecule has 2 heterocycles. The van der Waals surface area contributed by atoms with Crippen molar-refractivity contribution >= 4 is 17.4 Å². The van der Waals surface area contributed by atoms with Gasteiger partial charge in [0.15, 0.2) is 0 Å². The number of hydrogen-bond donors (Lipinski definition) is 0. The summed E-state index contributed by atoms with van der Waals surface area (Å²) in [5.41, 5.74) is 0. The normalized spacial score (nSPS) is 30.1. The van der Waals surface area contributed by atoms with Gasteiger partial charge in [-0.3, -0.25) is 0 Å². The minimum Gasteiger partial charge on any atom is -0.353 e. The van der Waals surface area contributed by atoms with Gasteiger partial charge in [-0.05, 0) is 44.4 Å². The van der Waals surface area contributed by atoms with Gasteiger partial charge >= 0.3 is 0 Å². The highest BCUT2D eigenvalue weighted by molar-refractivity contribution is 6.29. The largest absolute Gasteiger partial charge is 0.353 e. The lowest BCUT2D eigenvalue weighted by Crippen LogP contribution is -2.47. The molecule has 20 heavy (non-hydrogen) atoms. The lowest BCUT2D eigenvalue weighted by molar-refractivity contribution is 0.242. The molecule has 4 heteroatoms. The second-order valence-electron chi connectivity index (χ2n) is 6.63. The van der Waals surface area contributed by atoms with Gasteiger partial charge in [-0.1, -0.05) is 24.4 Å². The van der Waals surface area contributed by atoms with Crippen LogP contribution in [0.2, 0.25) is 5.15 Å². The van der Waals surface area contributed by atoms with Crippen molar-refractivity contribution in [3.05, 3.63) is 17.0 Å². The molecule has 2 saturated carbocycles. The number of halogens is 1. The standard InChI is InChI=1S/C16H22ClN3/c17-14-10-15(19-16(18-14)12-7-8-12)20-9-3-5-11-4-1-2-6-13(11)20/h10-13H,1-9H2. The van der Waals surface area contributed by atoms with E-state index in [1.807, 2.05) is 6.07 Å². The first-order valence-electron chi connectivity index (χ1n) is 8.12. The molecule has 3 aliphatic rings. The lowest BCUT2D eigenvalue weighted by atomic mass is 9.78. The van der Waals surface area contributed by atoms with Crippen molar-refractivity contribution in [1.82, 2.24) is 9.97 Å². The molecular weight excluding hydrogens is 270 g/mol. The van der Waals surface area contributed by atoms with Crippen LogP contribution in [0.3, 0.4) is 0 Å². The third kappa shape index (κ3) is 2.41. The van der Waals surface area contributed by atoms with Crippen LogP contribution in [0.1, 0.15) is 63.1 Å². The van der Waals surface area contributed by atoms with Gasteiger partial charge in [-0.2, -0.15) is 0 Å². The van der Waals surface area contributed by atoms with Crippen molar-refractivity contribution in [3.63, 3.8) is 0 Å². The fraction of sp³-hybridized carbons (Fsp3) is 0.750. The number of fused-ring (bicyclic) bond motifs is 1. The zero-order chi connectivity index (χ0) is 13.5. The van der Waals surface area contributed by atoms with Crippen molar-refractivity contribution in [2.45, 2.75) is 63.3 Å². The Kier molecular flexibility index (Phi) is 3.33. The first-order chi connectivity index (χ1) is 9.81. The number of piperidine rings is 1. The number of rotatable bonds is 2. The molecule has 0 aromatic carbocycles. The van der Waals surface area contributed by atoms with Crippen molar-refractivity contribution in [2.24, 2.45) is 5.92 Å². The SMILES string of the molecule is Clc1cc(N2CCCC3CCCCC32)nc(C2CC2)n1. The molecule has 3 nitrogen and oxygen atoms in total. The summed E-state index contributed by atoms with van der Waals surface area (Å²) in [5.74, 6) is 3.50. The average molecular weight is 292 g/mol. The van der Waals surface area contributed by atoms with Crippen molar-refractivity contribution < 1.29 is 0 Å². The van der Waals surface area contributed by atoms with Gasteiger partial charge in [0.25, 0.3) is 0 Å². The Morgan fingerprint density at radius 1 is 1.00 bits per heavy atom. The maximum absolute atomic E-state index is 6.24. The predicted molar refractivity (Wildman–Crippen MR) is 81.3 cm³/mol. The summed E-state index contributed by atoms with van der Waals surface area (Å²) in [6, 6.07) is 2.67. The highest BCUT2D eigenvalue weighted by atomic mass is 35.5. The second-order valence-corrected chi connectivity index (χ2v) is 7.02. The van der Waals surface area contributed by atoms with E-state index in [9.17, 15) is 0 Å². The van der Waals surface area contributed by atoms with Gasteiger partial charge in [-0.25, -0.2) is 9.97 Å². The summed E-state index contributed by atoms with van der Waals surface area (Å²) >= 11 is 6.24. The molecule has 2 aliphatic carbocycles. The van der Waals surface area contributed by atoms with Crippen molar-refractivity contribution in [1.29, 1.82) is 0 Å². The van der Waals surface area contributed by atoms with E-state index in [4.69, 9.17) is 16.6 Å². The van der Waals surface area contributed by atoms with Crippen LogP contribution >= 0.6 is 11.6 Å². The lowest BCUT2D eigenvalue weighted by Gasteiger charge is -2.44. The third-order valence-electron chi connectivity index (χ3n) is 5.18. The molecule has 1 aromatic heterocycles. The van der Waals surface area contributed by atoms with Crippen molar-refractivity contribution in [3.8, 4) is 0 Å². The first kappa shape index (κ1) is 12.9. The summed E-state index contributed by atoms with van der Waals surface area (Å²) in [6.07, 6.45) is 10.6. The Morgan fingerprint density at radius 3 is 2.65 bits per heavy atom. The zero-order valence-electron chi connectivity index (χ0n) is 11.9. The van der Waals surface area contributed by atoms with Crippen LogP contribution in [-0.4, -0.2) is 22.6 Å². The van der Waals surface area contributed by atoms with E-state index < -0.39 is 0 Å². The molecule has 0 bridgehead atoms. The van der Waals surface area contributed by atoms with E-state index in [2.05, 4.69) is 9.88 Å². The Hall–Kier alpha value is -0.830. The molecule has 0 amide bonds. The van der Waals surface area contributed by atoms with Gasteiger partial charge in [0.1, 0.15) is 16.8 Å². The second kappa shape index (κ2) is 5.18. The predicted octanol–water partition coefficient (Wildman–Crippen LogP) is 4.17. The van der Waals surface area contributed by atoms with Crippen LogP contribution < -0.4 is 4.90 Å². The van der Waals surface area contributed by atoms with E-state index in [1.165, 1.54) is 51.4 Å². The maximum atomic E-state index is 6.24. The first-order valence-corrected chi connectivity index (χ1v) is 8.50. The van der Waals surface area contributed by atoms with E-state index in [0.29, 0.717) is 17.1 Å². The Bertz CT molecular complexity index is 498. The van der Waals surface area contributed by atoms with Crippen molar-refractivity contribution in [2.75, 3.05) is 11.4 Å². The Balaban J connectivity index is 1.64. The molecule has 1 saturated heterocycles. The van der Waals surface area contributed by atoms with Gasteiger partial charge in [0.05, 0.1) is 0 Å². The molecule has 0 spiro atoms. The summed E-state index contributed by atoms with van der Waals surface area (Å²) in [5, 5.41) is 0.620. The molecule has 0 radical (unpaired) electrons. The highest BCUT2D eigenvalue weighted by Crippen LogP contribution is 2.41. The smallest absolute Gasteiger partial charge is 0.135 e. The number of anilines is 1. The topological polar surface area (TPSA) is 29.0 Å². The van der Waals surface area contributed by atoms with Crippen LogP contribution in [0.4, 0.5) is 5.82 Å². The minimum absolute atomic E-state index is 0.569. The van der Waals surface area contributed by atoms with Crippen LogP contribution in [0.15, 0.2) is 6.07 Å². The maximum Gasteiger partial charge on any atom is 0.135 e.